The van der Waals surface area contributed by atoms with Gasteiger partial charge < -0.3 is 9.88 Å². The van der Waals surface area contributed by atoms with E-state index in [2.05, 4.69) is 45.2 Å². The van der Waals surface area contributed by atoms with Gasteiger partial charge in [-0.1, -0.05) is 24.3 Å². The molecule has 4 aromatic rings. The van der Waals surface area contributed by atoms with E-state index in [9.17, 15) is 10.1 Å². The third-order valence-corrected chi connectivity index (χ3v) is 6.69. The summed E-state index contributed by atoms with van der Waals surface area (Å²) in [5.74, 6) is -0.215. The number of fused-ring (bicyclic) bond motifs is 2. The molecular formula is C29H27N5O. The first-order valence-electron chi connectivity index (χ1n) is 11.9. The molecule has 0 fully saturated rings. The quantitative estimate of drug-likeness (QED) is 0.415. The number of nitrogens with zero attached hydrogens (tertiary/aromatic N) is 4. The molecule has 6 nitrogen and oxygen atoms in total. The van der Waals surface area contributed by atoms with Gasteiger partial charge in [0.1, 0.15) is 11.7 Å². The summed E-state index contributed by atoms with van der Waals surface area (Å²) < 4.78 is 2.18. The van der Waals surface area contributed by atoms with E-state index >= 15 is 0 Å². The van der Waals surface area contributed by atoms with Crippen LogP contribution in [0.5, 0.6) is 0 Å². The van der Waals surface area contributed by atoms with E-state index in [1.54, 1.807) is 18.5 Å². The molecule has 1 aliphatic carbocycles. The van der Waals surface area contributed by atoms with Crippen molar-refractivity contribution >= 4 is 23.0 Å². The van der Waals surface area contributed by atoms with Crippen molar-refractivity contribution in [3.8, 4) is 6.07 Å². The lowest BCUT2D eigenvalue weighted by atomic mass is 9.87. The van der Waals surface area contributed by atoms with Gasteiger partial charge in [-0.2, -0.15) is 5.26 Å². The lowest BCUT2D eigenvalue weighted by molar-refractivity contribution is -0.116. The normalized spacial score (nSPS) is 15.2. The van der Waals surface area contributed by atoms with E-state index in [4.69, 9.17) is 4.98 Å². The van der Waals surface area contributed by atoms with Gasteiger partial charge in [-0.25, -0.2) is 4.98 Å². The maximum absolute atomic E-state index is 12.7. The van der Waals surface area contributed by atoms with Crippen LogP contribution in [-0.4, -0.2) is 20.4 Å². The molecule has 0 bridgehead atoms. The molecule has 0 saturated carbocycles. The van der Waals surface area contributed by atoms with Crippen molar-refractivity contribution in [2.24, 2.45) is 0 Å². The molecule has 1 N–H and O–H groups in total. The van der Waals surface area contributed by atoms with Gasteiger partial charge in [-0.05, 0) is 79.6 Å². The molecule has 0 spiro atoms. The molecule has 0 aliphatic heterocycles. The van der Waals surface area contributed by atoms with Crippen molar-refractivity contribution in [1.29, 1.82) is 5.26 Å². The van der Waals surface area contributed by atoms with Crippen LogP contribution in [0.4, 0.5) is 0 Å². The number of aromatic nitrogens is 3. The average molecular weight is 462 g/mol. The molecule has 5 rings (SSSR count). The molecule has 1 amide bonds. The number of carbonyl (C=O) groups excluding carboxylic acids is 1. The first-order chi connectivity index (χ1) is 17.1. The molecule has 35 heavy (non-hydrogen) atoms. The van der Waals surface area contributed by atoms with E-state index in [0.717, 1.165) is 52.8 Å². The van der Waals surface area contributed by atoms with Crippen LogP contribution in [0.1, 0.15) is 58.1 Å². The lowest BCUT2D eigenvalue weighted by Crippen LogP contribution is -2.21. The summed E-state index contributed by atoms with van der Waals surface area (Å²) in [5.41, 5.74) is 7.59. The minimum Gasteiger partial charge on any atom is -0.348 e. The Hall–Kier alpha value is -4.24. The van der Waals surface area contributed by atoms with Crippen molar-refractivity contribution in [2.75, 3.05) is 0 Å². The molecule has 3 heterocycles. The Morgan fingerprint density at radius 1 is 1.23 bits per heavy atom. The highest BCUT2D eigenvalue weighted by Crippen LogP contribution is 2.39. The van der Waals surface area contributed by atoms with E-state index in [1.807, 2.05) is 32.0 Å². The molecular weight excluding hydrogens is 434 g/mol. The first-order valence-corrected chi connectivity index (χ1v) is 11.9. The van der Waals surface area contributed by atoms with Crippen LogP contribution in [0.2, 0.25) is 0 Å². The molecule has 3 aromatic heterocycles. The predicted octanol–water partition coefficient (Wildman–Crippen LogP) is 5.18. The fraction of sp³-hybridized carbons (Fsp3) is 0.241. The number of aryl methyl sites for hydroxylation is 3. The molecule has 1 aromatic carbocycles. The second-order valence-electron chi connectivity index (χ2n) is 9.03. The number of benzene rings is 1. The smallest absolute Gasteiger partial charge is 0.244 e. The van der Waals surface area contributed by atoms with Crippen LogP contribution in [0.15, 0.2) is 60.9 Å². The summed E-state index contributed by atoms with van der Waals surface area (Å²) in [6, 6.07) is 16.7. The third kappa shape index (κ3) is 4.33. The second kappa shape index (κ2) is 9.55. The minimum atomic E-state index is -0.215. The van der Waals surface area contributed by atoms with Crippen molar-refractivity contribution in [1.82, 2.24) is 19.9 Å². The Kier molecular flexibility index (Phi) is 6.15. The van der Waals surface area contributed by atoms with Gasteiger partial charge in [0.25, 0.3) is 0 Å². The van der Waals surface area contributed by atoms with Crippen molar-refractivity contribution in [3.05, 3.63) is 100 Å². The highest BCUT2D eigenvalue weighted by molar-refractivity contribution is 5.96. The van der Waals surface area contributed by atoms with Crippen LogP contribution in [-0.2, 0) is 17.8 Å². The summed E-state index contributed by atoms with van der Waals surface area (Å²) in [7, 11) is 0. The van der Waals surface area contributed by atoms with Gasteiger partial charge in [-0.3, -0.25) is 9.78 Å². The fourth-order valence-electron chi connectivity index (χ4n) is 5.16. The van der Waals surface area contributed by atoms with Crippen LogP contribution in [0, 0.1) is 25.2 Å². The molecule has 174 valence electrons. The monoisotopic (exact) mass is 461 g/mol. The van der Waals surface area contributed by atoms with Crippen molar-refractivity contribution < 1.29 is 4.79 Å². The number of rotatable bonds is 5. The van der Waals surface area contributed by atoms with Crippen LogP contribution >= 0.6 is 0 Å². The minimum absolute atomic E-state index is 0.0535. The summed E-state index contributed by atoms with van der Waals surface area (Å²) in [4.78, 5) is 21.6. The van der Waals surface area contributed by atoms with Gasteiger partial charge in [-0.15, -0.1) is 0 Å². The number of carbonyl (C=O) groups is 1. The fourth-order valence-corrected chi connectivity index (χ4v) is 5.16. The number of pyridine rings is 2. The number of hydrogen-bond donors (Lipinski definition) is 1. The SMILES string of the molecule is Cc1cc(C)c2c(C#N)c(/C=C/C(=O)NCc3ccncc3)n([C@H]3CCCc4ccccc43)c2n1. The zero-order chi connectivity index (χ0) is 24.4. The summed E-state index contributed by atoms with van der Waals surface area (Å²) >= 11 is 0. The van der Waals surface area contributed by atoms with E-state index < -0.39 is 0 Å². The Labute approximate surface area is 205 Å². The van der Waals surface area contributed by atoms with Gasteiger partial charge in [0.15, 0.2) is 0 Å². The Morgan fingerprint density at radius 3 is 2.83 bits per heavy atom. The predicted molar refractivity (Wildman–Crippen MR) is 137 cm³/mol. The molecule has 1 atom stereocenters. The van der Waals surface area contributed by atoms with Gasteiger partial charge in [0.05, 0.1) is 17.3 Å². The van der Waals surface area contributed by atoms with Crippen LogP contribution in [0.25, 0.3) is 17.1 Å². The number of amides is 1. The van der Waals surface area contributed by atoms with Gasteiger partial charge in [0, 0.05) is 36.1 Å². The maximum Gasteiger partial charge on any atom is 0.244 e. The van der Waals surface area contributed by atoms with E-state index in [1.165, 1.54) is 17.2 Å². The zero-order valence-electron chi connectivity index (χ0n) is 20.0. The first kappa shape index (κ1) is 22.5. The average Bonchev–Trinajstić information content (AvgIpc) is 3.19. The third-order valence-electron chi connectivity index (χ3n) is 6.69. The summed E-state index contributed by atoms with van der Waals surface area (Å²) in [6.07, 6.45) is 9.75. The van der Waals surface area contributed by atoms with Gasteiger partial charge >= 0.3 is 0 Å². The highest BCUT2D eigenvalue weighted by atomic mass is 16.1. The number of nitriles is 1. The molecule has 0 radical (unpaired) electrons. The molecule has 0 unspecified atom stereocenters. The van der Waals surface area contributed by atoms with Gasteiger partial charge in [0.2, 0.25) is 5.91 Å². The number of nitrogens with one attached hydrogen (secondary N) is 1. The number of hydrogen-bond acceptors (Lipinski definition) is 4. The van der Waals surface area contributed by atoms with Crippen molar-refractivity contribution in [2.45, 2.75) is 45.7 Å². The molecule has 1 aliphatic rings. The topological polar surface area (TPSA) is 83.6 Å². The summed E-state index contributed by atoms with van der Waals surface area (Å²) in [5, 5.41) is 14.0. The van der Waals surface area contributed by atoms with E-state index in [0.29, 0.717) is 12.1 Å². The Bertz CT molecular complexity index is 1480. The summed E-state index contributed by atoms with van der Waals surface area (Å²) in [6.45, 7) is 4.41. The van der Waals surface area contributed by atoms with Crippen LogP contribution in [0.3, 0.4) is 0 Å². The lowest BCUT2D eigenvalue weighted by Gasteiger charge is -2.28. The maximum atomic E-state index is 12.7. The molecule has 6 heteroatoms. The van der Waals surface area contributed by atoms with E-state index in [-0.39, 0.29) is 11.9 Å². The second-order valence-corrected chi connectivity index (χ2v) is 9.03. The largest absolute Gasteiger partial charge is 0.348 e. The standard InChI is InChI=1S/C29H27N5O/c1-19-16-20(2)33-29-28(19)24(17-30)26(10-11-27(35)32-18-21-12-14-31-15-13-21)34(29)25-9-5-7-22-6-3-4-8-23(22)25/h3-4,6,8,10-16,25H,5,7,9,18H2,1-2H3,(H,32,35)/b11-10+/t25-/m0/s1. The zero-order valence-corrected chi connectivity index (χ0v) is 20.0. The Morgan fingerprint density at radius 2 is 2.03 bits per heavy atom. The van der Waals surface area contributed by atoms with Crippen LogP contribution < -0.4 is 5.32 Å². The van der Waals surface area contributed by atoms with Crippen molar-refractivity contribution in [3.63, 3.8) is 0 Å². The Balaban J connectivity index is 1.61. The molecule has 0 saturated heterocycles. The highest BCUT2D eigenvalue weighted by Gasteiger charge is 2.28.